The SMILES string of the molecule is Nc1nc2n(n1)[C@@H](c1c(Cl)cccc1Cl)C[C@H](c1ccc(Cl)cc1Cl)N2. The Morgan fingerprint density at radius 2 is 1.77 bits per heavy atom. The van der Waals surface area contributed by atoms with Crippen LogP contribution in [0.5, 0.6) is 0 Å². The predicted molar refractivity (Wildman–Crippen MR) is 106 cm³/mol. The minimum atomic E-state index is -0.242. The van der Waals surface area contributed by atoms with Crippen molar-refractivity contribution in [3.05, 3.63) is 67.6 Å². The number of anilines is 2. The lowest BCUT2D eigenvalue weighted by molar-refractivity contribution is 0.432. The van der Waals surface area contributed by atoms with E-state index in [2.05, 4.69) is 15.4 Å². The largest absolute Gasteiger partial charge is 0.366 e. The summed E-state index contributed by atoms with van der Waals surface area (Å²) >= 11 is 25.3. The lowest BCUT2D eigenvalue weighted by Gasteiger charge is -2.32. The molecule has 0 amide bonds. The molecule has 2 atom stereocenters. The highest BCUT2D eigenvalue weighted by atomic mass is 35.5. The first-order valence-corrected chi connectivity index (χ1v) is 9.32. The molecule has 0 aliphatic carbocycles. The Labute approximate surface area is 170 Å². The number of aromatic nitrogens is 3. The van der Waals surface area contributed by atoms with Gasteiger partial charge in [-0.25, -0.2) is 4.68 Å². The molecule has 4 rings (SSSR count). The maximum Gasteiger partial charge on any atom is 0.241 e. The Bertz CT molecular complexity index is 967. The maximum atomic E-state index is 6.44. The van der Waals surface area contributed by atoms with Crippen molar-refractivity contribution in [2.75, 3.05) is 11.1 Å². The topological polar surface area (TPSA) is 68.8 Å². The van der Waals surface area contributed by atoms with Gasteiger partial charge in [-0.15, -0.1) is 5.10 Å². The van der Waals surface area contributed by atoms with Gasteiger partial charge < -0.3 is 11.1 Å². The van der Waals surface area contributed by atoms with Crippen molar-refractivity contribution >= 4 is 58.3 Å². The van der Waals surface area contributed by atoms with Crippen LogP contribution in [0, 0.1) is 0 Å². The van der Waals surface area contributed by atoms with Gasteiger partial charge in [0.2, 0.25) is 11.9 Å². The molecular weight excluding hydrogens is 416 g/mol. The van der Waals surface area contributed by atoms with E-state index in [1.807, 2.05) is 6.07 Å². The standard InChI is InChI=1S/C17H13Cl4N5/c18-8-4-5-9(12(21)6-8)13-7-14(15-10(19)2-1-3-11(15)20)26-17(23-13)24-16(22)25-26/h1-6,13-14H,7H2,(H3,22,23,24,25)/t13-,14-/m1/s1. The van der Waals surface area contributed by atoms with Gasteiger partial charge in [-0.05, 0) is 36.2 Å². The zero-order valence-corrected chi connectivity index (χ0v) is 16.3. The predicted octanol–water partition coefficient (Wildman–Crippen LogP) is 5.62. The molecule has 2 aromatic carbocycles. The molecule has 134 valence electrons. The van der Waals surface area contributed by atoms with Crippen LogP contribution >= 0.6 is 46.4 Å². The van der Waals surface area contributed by atoms with Gasteiger partial charge in [0.1, 0.15) is 0 Å². The first-order chi connectivity index (χ1) is 12.4. The molecule has 3 N–H and O–H groups in total. The van der Waals surface area contributed by atoms with Crippen molar-refractivity contribution in [1.29, 1.82) is 0 Å². The molecule has 26 heavy (non-hydrogen) atoms. The summed E-state index contributed by atoms with van der Waals surface area (Å²) in [6, 6.07) is 10.4. The van der Waals surface area contributed by atoms with Gasteiger partial charge in [-0.1, -0.05) is 58.5 Å². The molecule has 3 aromatic rings. The van der Waals surface area contributed by atoms with Gasteiger partial charge in [0.05, 0.1) is 12.1 Å². The van der Waals surface area contributed by atoms with E-state index in [1.54, 1.807) is 35.0 Å². The molecule has 0 unspecified atom stereocenters. The normalized spacial score (nSPS) is 19.1. The van der Waals surface area contributed by atoms with Gasteiger partial charge >= 0.3 is 0 Å². The fraction of sp³-hybridized carbons (Fsp3) is 0.176. The van der Waals surface area contributed by atoms with Crippen molar-refractivity contribution < 1.29 is 0 Å². The number of fused-ring (bicyclic) bond motifs is 1. The molecule has 0 spiro atoms. The van der Waals surface area contributed by atoms with Crippen LogP contribution in [0.2, 0.25) is 20.1 Å². The Kier molecular flexibility index (Phi) is 4.65. The number of benzene rings is 2. The average Bonchev–Trinajstić information content (AvgIpc) is 2.94. The number of nitrogen functional groups attached to an aromatic ring is 1. The molecular formula is C17H13Cl4N5. The highest BCUT2D eigenvalue weighted by molar-refractivity contribution is 6.36. The number of hydrogen-bond acceptors (Lipinski definition) is 4. The summed E-state index contributed by atoms with van der Waals surface area (Å²) in [6.45, 7) is 0. The van der Waals surface area contributed by atoms with Crippen molar-refractivity contribution in [2.24, 2.45) is 0 Å². The van der Waals surface area contributed by atoms with Crippen LogP contribution in [-0.2, 0) is 0 Å². The fourth-order valence-electron chi connectivity index (χ4n) is 3.25. The van der Waals surface area contributed by atoms with Crippen LogP contribution in [0.25, 0.3) is 0 Å². The van der Waals surface area contributed by atoms with Crippen molar-refractivity contribution in [3.63, 3.8) is 0 Å². The smallest absolute Gasteiger partial charge is 0.241 e. The molecule has 5 nitrogen and oxygen atoms in total. The first-order valence-electron chi connectivity index (χ1n) is 7.81. The molecule has 0 bridgehead atoms. The molecule has 0 saturated carbocycles. The highest BCUT2D eigenvalue weighted by Gasteiger charge is 2.33. The molecule has 1 aliphatic rings. The van der Waals surface area contributed by atoms with E-state index in [4.69, 9.17) is 52.1 Å². The Balaban J connectivity index is 1.83. The lowest BCUT2D eigenvalue weighted by atomic mass is 9.93. The van der Waals surface area contributed by atoms with E-state index in [0.717, 1.165) is 11.1 Å². The third-order valence-electron chi connectivity index (χ3n) is 4.38. The molecule has 9 heteroatoms. The maximum absolute atomic E-state index is 6.44. The second-order valence-electron chi connectivity index (χ2n) is 5.99. The fourth-order valence-corrected chi connectivity index (χ4v) is 4.44. The van der Waals surface area contributed by atoms with Crippen LogP contribution < -0.4 is 11.1 Å². The third kappa shape index (κ3) is 3.09. The summed E-state index contributed by atoms with van der Waals surface area (Å²) in [5.41, 5.74) is 7.49. The number of nitrogens with one attached hydrogen (secondary N) is 1. The van der Waals surface area contributed by atoms with Gasteiger partial charge in [-0.3, -0.25) is 0 Å². The number of nitrogens with zero attached hydrogens (tertiary/aromatic N) is 3. The summed E-state index contributed by atoms with van der Waals surface area (Å²) in [7, 11) is 0. The number of rotatable bonds is 2. The van der Waals surface area contributed by atoms with E-state index in [1.165, 1.54) is 0 Å². The highest BCUT2D eigenvalue weighted by Crippen LogP contribution is 2.44. The van der Waals surface area contributed by atoms with Gasteiger partial charge in [0, 0.05) is 25.7 Å². The van der Waals surface area contributed by atoms with Crippen LogP contribution in [0.3, 0.4) is 0 Å². The van der Waals surface area contributed by atoms with Crippen molar-refractivity contribution in [1.82, 2.24) is 14.8 Å². The van der Waals surface area contributed by atoms with E-state index in [-0.39, 0.29) is 18.0 Å². The zero-order chi connectivity index (χ0) is 18.4. The van der Waals surface area contributed by atoms with Crippen LogP contribution in [0.1, 0.15) is 29.6 Å². The van der Waals surface area contributed by atoms with Crippen molar-refractivity contribution in [3.8, 4) is 0 Å². The Morgan fingerprint density at radius 1 is 1.04 bits per heavy atom. The van der Waals surface area contributed by atoms with Crippen molar-refractivity contribution in [2.45, 2.75) is 18.5 Å². The number of hydrogen-bond donors (Lipinski definition) is 2. The first kappa shape index (κ1) is 17.7. The van der Waals surface area contributed by atoms with Gasteiger partial charge in [0.15, 0.2) is 0 Å². The quantitative estimate of drug-likeness (QED) is 0.555. The average molecular weight is 429 g/mol. The molecule has 0 saturated heterocycles. The van der Waals surface area contributed by atoms with Gasteiger partial charge in [0.25, 0.3) is 0 Å². The van der Waals surface area contributed by atoms with Crippen LogP contribution in [0.4, 0.5) is 11.9 Å². The summed E-state index contributed by atoms with van der Waals surface area (Å²) < 4.78 is 1.71. The second kappa shape index (κ2) is 6.82. The van der Waals surface area contributed by atoms with E-state index in [0.29, 0.717) is 32.5 Å². The minimum absolute atomic E-state index is 0.131. The number of nitrogens with two attached hydrogens (primary N) is 1. The summed E-state index contributed by atoms with van der Waals surface area (Å²) in [5, 5.41) is 9.90. The monoisotopic (exact) mass is 427 g/mol. The minimum Gasteiger partial charge on any atom is -0.366 e. The van der Waals surface area contributed by atoms with E-state index in [9.17, 15) is 0 Å². The summed E-state index contributed by atoms with van der Waals surface area (Å²) in [6.07, 6.45) is 0.612. The van der Waals surface area contributed by atoms with E-state index < -0.39 is 0 Å². The van der Waals surface area contributed by atoms with Crippen LogP contribution in [0.15, 0.2) is 36.4 Å². The second-order valence-corrected chi connectivity index (χ2v) is 7.65. The van der Waals surface area contributed by atoms with Gasteiger partial charge in [-0.2, -0.15) is 4.98 Å². The van der Waals surface area contributed by atoms with Crippen LogP contribution in [-0.4, -0.2) is 14.8 Å². The number of halogens is 4. The Morgan fingerprint density at radius 3 is 2.46 bits per heavy atom. The third-order valence-corrected chi connectivity index (χ3v) is 5.60. The molecule has 0 radical (unpaired) electrons. The molecule has 2 heterocycles. The van der Waals surface area contributed by atoms with E-state index >= 15 is 0 Å². The summed E-state index contributed by atoms with van der Waals surface area (Å²) in [5.74, 6) is 0.703. The summed E-state index contributed by atoms with van der Waals surface area (Å²) in [4.78, 5) is 4.27. The lowest BCUT2D eigenvalue weighted by Crippen LogP contribution is -2.28. The molecule has 1 aliphatic heterocycles. The molecule has 1 aromatic heterocycles. The molecule has 0 fully saturated rings. The zero-order valence-electron chi connectivity index (χ0n) is 13.3. The Hall–Kier alpha value is -1.66.